The van der Waals surface area contributed by atoms with Gasteiger partial charge in [0.25, 0.3) is 0 Å². The summed E-state index contributed by atoms with van der Waals surface area (Å²) in [6.45, 7) is 13.4. The van der Waals surface area contributed by atoms with Crippen LogP contribution in [0.3, 0.4) is 0 Å². The zero-order chi connectivity index (χ0) is 13.7. The minimum absolute atomic E-state index is 0.213. The Balaban J connectivity index is 4.89. The lowest BCUT2D eigenvalue weighted by Gasteiger charge is -2.43. The molecule has 0 heterocycles. The lowest BCUT2D eigenvalue weighted by molar-refractivity contribution is 0.120. The van der Waals surface area contributed by atoms with Crippen molar-refractivity contribution in [3.8, 4) is 0 Å². The minimum atomic E-state index is 0.213. The zero-order valence-corrected chi connectivity index (χ0v) is 12.8. The molecule has 0 radical (unpaired) electrons. The van der Waals surface area contributed by atoms with E-state index < -0.39 is 0 Å². The van der Waals surface area contributed by atoms with Crippen molar-refractivity contribution in [1.82, 2.24) is 0 Å². The molecular formula is C15H34N2. The first-order valence-electron chi connectivity index (χ1n) is 7.33. The summed E-state index contributed by atoms with van der Waals surface area (Å²) < 4.78 is 0. The van der Waals surface area contributed by atoms with E-state index in [0.717, 1.165) is 32.1 Å². The quantitative estimate of drug-likeness (QED) is 0.682. The predicted octanol–water partition coefficient (Wildman–Crippen LogP) is 3.68. The van der Waals surface area contributed by atoms with Gasteiger partial charge in [-0.05, 0) is 49.9 Å². The van der Waals surface area contributed by atoms with E-state index in [9.17, 15) is 0 Å². The van der Waals surface area contributed by atoms with Gasteiger partial charge in [-0.2, -0.15) is 0 Å². The summed E-state index contributed by atoms with van der Waals surface area (Å²) in [5.74, 6) is 0. The van der Waals surface area contributed by atoms with Gasteiger partial charge < -0.3 is 11.5 Å². The molecular weight excluding hydrogens is 208 g/mol. The van der Waals surface area contributed by atoms with Crippen LogP contribution in [0.2, 0.25) is 0 Å². The molecule has 0 aliphatic rings. The van der Waals surface area contributed by atoms with Crippen LogP contribution in [0.4, 0.5) is 0 Å². The minimum Gasteiger partial charge on any atom is -0.327 e. The molecule has 0 aromatic carbocycles. The Labute approximate surface area is 109 Å². The van der Waals surface area contributed by atoms with Crippen molar-refractivity contribution in [3.63, 3.8) is 0 Å². The van der Waals surface area contributed by atoms with Crippen molar-refractivity contribution in [2.75, 3.05) is 0 Å². The van der Waals surface area contributed by atoms with E-state index in [4.69, 9.17) is 11.5 Å². The third-order valence-corrected chi connectivity index (χ3v) is 5.51. The van der Waals surface area contributed by atoms with Crippen LogP contribution in [-0.2, 0) is 0 Å². The van der Waals surface area contributed by atoms with Gasteiger partial charge in [0, 0.05) is 12.1 Å². The van der Waals surface area contributed by atoms with Crippen LogP contribution in [-0.4, -0.2) is 12.1 Å². The highest BCUT2D eigenvalue weighted by Gasteiger charge is 2.37. The van der Waals surface area contributed by atoms with Crippen molar-refractivity contribution >= 4 is 0 Å². The van der Waals surface area contributed by atoms with Crippen LogP contribution in [0.25, 0.3) is 0 Å². The maximum atomic E-state index is 6.49. The molecule has 2 nitrogen and oxygen atoms in total. The Hall–Kier alpha value is -0.0800. The number of hydrogen-bond acceptors (Lipinski definition) is 2. The molecule has 2 unspecified atom stereocenters. The van der Waals surface area contributed by atoms with Crippen molar-refractivity contribution in [1.29, 1.82) is 0 Å². The zero-order valence-electron chi connectivity index (χ0n) is 12.8. The fraction of sp³-hybridized carbons (Fsp3) is 1.00. The molecule has 0 aromatic heterocycles. The van der Waals surface area contributed by atoms with Gasteiger partial charge in [-0.3, -0.25) is 0 Å². The second kappa shape index (κ2) is 6.75. The molecule has 0 amide bonds. The van der Waals surface area contributed by atoms with Crippen LogP contribution in [0.15, 0.2) is 0 Å². The molecule has 4 N–H and O–H groups in total. The first kappa shape index (κ1) is 16.9. The summed E-state index contributed by atoms with van der Waals surface area (Å²) in [6, 6.07) is 0.477. The summed E-state index contributed by atoms with van der Waals surface area (Å²) in [6.07, 6.45) is 5.59. The van der Waals surface area contributed by atoms with Gasteiger partial charge in [0.1, 0.15) is 0 Å². The number of nitrogens with two attached hydrogens (primary N) is 2. The van der Waals surface area contributed by atoms with E-state index in [1.165, 1.54) is 0 Å². The molecule has 0 bridgehead atoms. The van der Waals surface area contributed by atoms with Gasteiger partial charge in [0.05, 0.1) is 0 Å². The maximum absolute atomic E-state index is 6.49. The van der Waals surface area contributed by atoms with E-state index in [1.807, 2.05) is 0 Å². The third kappa shape index (κ3) is 3.69. The molecule has 2 atom stereocenters. The Bertz CT molecular complexity index is 203. The summed E-state index contributed by atoms with van der Waals surface area (Å²) in [7, 11) is 0. The summed E-state index contributed by atoms with van der Waals surface area (Å²) in [5, 5.41) is 0. The van der Waals surface area contributed by atoms with Gasteiger partial charge in [-0.25, -0.2) is 0 Å². The highest BCUT2D eigenvalue weighted by atomic mass is 14.7. The van der Waals surface area contributed by atoms with Crippen LogP contribution in [0.5, 0.6) is 0 Å². The molecule has 104 valence electrons. The smallest absolute Gasteiger partial charge is 0.00985 e. The molecule has 17 heavy (non-hydrogen) atoms. The van der Waals surface area contributed by atoms with Gasteiger partial charge >= 0.3 is 0 Å². The number of hydrogen-bond donors (Lipinski definition) is 2. The van der Waals surface area contributed by atoms with Crippen LogP contribution in [0.1, 0.15) is 73.6 Å². The predicted molar refractivity (Wildman–Crippen MR) is 77.9 cm³/mol. The number of rotatable bonds is 8. The van der Waals surface area contributed by atoms with E-state index in [-0.39, 0.29) is 22.9 Å². The average Bonchev–Trinajstić information content (AvgIpc) is 2.34. The molecule has 0 fully saturated rings. The molecule has 0 spiro atoms. The molecule has 0 saturated heterocycles. The second-order valence-electron chi connectivity index (χ2n) is 6.03. The van der Waals surface area contributed by atoms with Crippen molar-refractivity contribution in [2.45, 2.75) is 85.7 Å². The Morgan fingerprint density at radius 1 is 0.882 bits per heavy atom. The summed E-state index contributed by atoms with van der Waals surface area (Å²) in [5.41, 5.74) is 13.2. The Kier molecular flexibility index (Phi) is 6.71. The molecule has 0 aliphatic heterocycles. The van der Waals surface area contributed by atoms with E-state index in [2.05, 4.69) is 41.5 Å². The average molecular weight is 242 g/mol. The fourth-order valence-electron chi connectivity index (χ4n) is 2.83. The van der Waals surface area contributed by atoms with Crippen molar-refractivity contribution in [2.24, 2.45) is 22.3 Å². The molecule has 0 aromatic rings. The normalized spacial score (nSPS) is 16.9. The molecule has 2 heteroatoms. The standard InChI is InChI=1S/C15H34N2/c1-7-14(6,8-2)13(17)11-15(9-3,10-4)12(5)16/h12-13H,7-11,16-17H2,1-6H3. The molecule has 0 saturated carbocycles. The SMILES string of the molecule is CCC(C)(CC)C(N)CC(CC)(CC)C(C)N. The van der Waals surface area contributed by atoms with E-state index in [0.29, 0.717) is 0 Å². The fourth-order valence-corrected chi connectivity index (χ4v) is 2.83. The lowest BCUT2D eigenvalue weighted by Crippen LogP contribution is -2.48. The second-order valence-corrected chi connectivity index (χ2v) is 6.03. The summed E-state index contributed by atoms with van der Waals surface area (Å²) >= 11 is 0. The largest absolute Gasteiger partial charge is 0.327 e. The Morgan fingerprint density at radius 2 is 1.29 bits per heavy atom. The van der Waals surface area contributed by atoms with Crippen LogP contribution >= 0.6 is 0 Å². The lowest BCUT2D eigenvalue weighted by atomic mass is 9.66. The van der Waals surface area contributed by atoms with Crippen LogP contribution in [0, 0.1) is 10.8 Å². The van der Waals surface area contributed by atoms with Gasteiger partial charge in [0.15, 0.2) is 0 Å². The van der Waals surface area contributed by atoms with Gasteiger partial charge in [0.2, 0.25) is 0 Å². The van der Waals surface area contributed by atoms with Crippen molar-refractivity contribution in [3.05, 3.63) is 0 Å². The first-order chi connectivity index (χ1) is 7.81. The highest BCUT2D eigenvalue weighted by molar-refractivity contribution is 4.93. The van der Waals surface area contributed by atoms with Gasteiger partial charge in [-0.1, -0.05) is 34.6 Å². The molecule has 0 rings (SSSR count). The maximum Gasteiger partial charge on any atom is 0.00985 e. The first-order valence-corrected chi connectivity index (χ1v) is 7.33. The Morgan fingerprint density at radius 3 is 1.53 bits per heavy atom. The topological polar surface area (TPSA) is 52.0 Å². The monoisotopic (exact) mass is 242 g/mol. The summed E-state index contributed by atoms with van der Waals surface area (Å²) in [4.78, 5) is 0. The third-order valence-electron chi connectivity index (χ3n) is 5.51. The van der Waals surface area contributed by atoms with E-state index >= 15 is 0 Å². The molecule has 0 aliphatic carbocycles. The van der Waals surface area contributed by atoms with Gasteiger partial charge in [-0.15, -0.1) is 0 Å². The highest BCUT2D eigenvalue weighted by Crippen LogP contribution is 2.40. The van der Waals surface area contributed by atoms with Crippen molar-refractivity contribution < 1.29 is 0 Å². The van der Waals surface area contributed by atoms with E-state index in [1.54, 1.807) is 0 Å². The van der Waals surface area contributed by atoms with Crippen LogP contribution < -0.4 is 11.5 Å².